The molecule has 0 aliphatic carbocycles. The number of anilines is 1. The summed E-state index contributed by atoms with van der Waals surface area (Å²) in [6.45, 7) is 4.72. The first kappa shape index (κ1) is 18.0. The Balaban J connectivity index is 2.76. The van der Waals surface area contributed by atoms with Gasteiger partial charge < -0.3 is 25.7 Å². The van der Waals surface area contributed by atoms with Gasteiger partial charge in [-0.25, -0.2) is 14.6 Å². The molecule has 0 bridgehead atoms. The molecular weight excluding hydrogens is 302 g/mol. The highest BCUT2D eigenvalue weighted by Crippen LogP contribution is 2.11. The number of ether oxygens (including phenoxy) is 1. The lowest BCUT2D eigenvalue weighted by Gasteiger charge is -2.07. The van der Waals surface area contributed by atoms with Crippen LogP contribution in [0.2, 0.25) is 0 Å². The van der Waals surface area contributed by atoms with Crippen LogP contribution in [0.5, 0.6) is 0 Å². The van der Waals surface area contributed by atoms with E-state index in [9.17, 15) is 9.59 Å². The average Bonchev–Trinajstić information content (AvgIpc) is 2.87. The molecule has 1 aromatic rings. The van der Waals surface area contributed by atoms with Gasteiger partial charge in [-0.15, -0.1) is 0 Å². The third-order valence-corrected chi connectivity index (χ3v) is 2.64. The number of hydrogen-bond acceptors (Lipinski definition) is 6. The second-order valence-electron chi connectivity index (χ2n) is 4.25. The van der Waals surface area contributed by atoms with Gasteiger partial charge in [0.2, 0.25) is 0 Å². The highest BCUT2D eigenvalue weighted by Gasteiger charge is 2.15. The van der Waals surface area contributed by atoms with Crippen molar-refractivity contribution in [3.63, 3.8) is 0 Å². The normalized spacial score (nSPS) is 10.7. The van der Waals surface area contributed by atoms with E-state index in [2.05, 4.69) is 20.6 Å². The quantitative estimate of drug-likeness (QED) is 0.640. The lowest BCUT2D eigenvalue weighted by atomic mass is 10.3. The van der Waals surface area contributed by atoms with Crippen LogP contribution in [0.3, 0.4) is 0 Å². The van der Waals surface area contributed by atoms with Gasteiger partial charge in [0.05, 0.1) is 12.9 Å². The van der Waals surface area contributed by atoms with E-state index < -0.39 is 12.1 Å². The van der Waals surface area contributed by atoms with Gasteiger partial charge >= 0.3 is 12.1 Å². The summed E-state index contributed by atoms with van der Waals surface area (Å²) in [4.78, 5) is 30.2. The third-order valence-electron chi connectivity index (χ3n) is 2.64. The second-order valence-corrected chi connectivity index (χ2v) is 4.25. The van der Waals surface area contributed by atoms with Crippen molar-refractivity contribution in [3.8, 4) is 6.07 Å². The SMILES string of the molecule is CCNC(=O)/N=C(\C#N)c1ncn(CCOC(=O)NCC)c1N. The van der Waals surface area contributed by atoms with E-state index in [1.165, 1.54) is 10.9 Å². The number of nitrogens with one attached hydrogen (secondary N) is 2. The Morgan fingerprint density at radius 2 is 2.13 bits per heavy atom. The smallest absolute Gasteiger partial charge is 0.407 e. The zero-order valence-corrected chi connectivity index (χ0v) is 13.0. The average molecular weight is 321 g/mol. The van der Waals surface area contributed by atoms with Crippen molar-refractivity contribution in [1.29, 1.82) is 5.26 Å². The van der Waals surface area contributed by atoms with E-state index in [0.29, 0.717) is 13.1 Å². The highest BCUT2D eigenvalue weighted by molar-refractivity contribution is 6.16. The molecule has 124 valence electrons. The van der Waals surface area contributed by atoms with Crippen molar-refractivity contribution in [1.82, 2.24) is 20.2 Å². The summed E-state index contributed by atoms with van der Waals surface area (Å²) in [5.74, 6) is 0.161. The lowest BCUT2D eigenvalue weighted by molar-refractivity contribution is 0.142. The van der Waals surface area contributed by atoms with Crippen LogP contribution < -0.4 is 16.4 Å². The molecule has 0 saturated carbocycles. The van der Waals surface area contributed by atoms with Gasteiger partial charge in [-0.05, 0) is 13.8 Å². The largest absolute Gasteiger partial charge is 0.448 e. The molecule has 0 unspecified atom stereocenters. The minimum atomic E-state index is -0.641. The Bertz CT molecular complexity index is 630. The second kappa shape index (κ2) is 9.04. The standard InChI is InChI=1S/C13H19N7O3/c1-3-16-12(21)19-9(7-14)10-11(15)20(8-18-10)5-6-23-13(22)17-4-2/h8H,3-6,15H2,1-2H3,(H,16,21)(H,17,22)/b19-9+. The number of alkyl carbamates (subject to hydrolysis) is 1. The van der Waals surface area contributed by atoms with Crippen molar-refractivity contribution in [3.05, 3.63) is 12.0 Å². The van der Waals surface area contributed by atoms with E-state index in [1.807, 2.05) is 0 Å². The Kier molecular flexibility index (Phi) is 7.06. The number of nitrogen functional groups attached to an aromatic ring is 1. The summed E-state index contributed by atoms with van der Waals surface area (Å²) >= 11 is 0. The van der Waals surface area contributed by atoms with E-state index in [-0.39, 0.29) is 30.4 Å². The summed E-state index contributed by atoms with van der Waals surface area (Å²) in [5, 5.41) is 14.0. The van der Waals surface area contributed by atoms with Crippen molar-refractivity contribution in [2.75, 3.05) is 25.4 Å². The van der Waals surface area contributed by atoms with Gasteiger partial charge in [0.25, 0.3) is 0 Å². The number of carbonyl (C=O) groups excluding carboxylic acids is 2. The van der Waals surface area contributed by atoms with Crippen LogP contribution in [0.4, 0.5) is 15.4 Å². The number of hydrogen-bond donors (Lipinski definition) is 3. The van der Waals surface area contributed by atoms with Gasteiger partial charge in [-0.2, -0.15) is 10.3 Å². The Labute approximate surface area is 133 Å². The van der Waals surface area contributed by atoms with Crippen LogP contribution in [-0.4, -0.2) is 47.1 Å². The summed E-state index contributed by atoms with van der Waals surface area (Å²) < 4.78 is 6.42. The van der Waals surface area contributed by atoms with Crippen molar-refractivity contribution < 1.29 is 14.3 Å². The molecule has 0 radical (unpaired) electrons. The fourth-order valence-electron chi connectivity index (χ4n) is 1.61. The first-order chi connectivity index (χ1) is 11.0. The maximum Gasteiger partial charge on any atom is 0.407 e. The van der Waals surface area contributed by atoms with Crippen LogP contribution in [0, 0.1) is 11.3 Å². The maximum absolute atomic E-state index is 11.4. The zero-order valence-electron chi connectivity index (χ0n) is 13.0. The molecule has 1 heterocycles. The summed E-state index contributed by atoms with van der Waals surface area (Å²) in [6, 6.07) is 1.15. The minimum absolute atomic E-state index is 0.0845. The number of amides is 3. The number of nitrogens with zero attached hydrogens (tertiary/aromatic N) is 4. The molecular formula is C13H19N7O3. The zero-order chi connectivity index (χ0) is 17.2. The number of urea groups is 1. The molecule has 0 spiro atoms. The molecule has 0 saturated heterocycles. The van der Waals surface area contributed by atoms with Gasteiger partial charge in [0, 0.05) is 13.1 Å². The number of carbonyl (C=O) groups is 2. The molecule has 0 fully saturated rings. The monoisotopic (exact) mass is 321 g/mol. The number of aliphatic imine (C=N–C) groups is 1. The van der Waals surface area contributed by atoms with E-state index >= 15 is 0 Å². The Morgan fingerprint density at radius 3 is 2.74 bits per heavy atom. The van der Waals surface area contributed by atoms with E-state index in [4.69, 9.17) is 15.7 Å². The molecule has 23 heavy (non-hydrogen) atoms. The van der Waals surface area contributed by atoms with E-state index in [1.54, 1.807) is 19.9 Å². The van der Waals surface area contributed by atoms with Crippen LogP contribution in [-0.2, 0) is 11.3 Å². The fraction of sp³-hybridized carbons (Fsp3) is 0.462. The minimum Gasteiger partial charge on any atom is -0.448 e. The number of imidazole rings is 1. The van der Waals surface area contributed by atoms with Crippen molar-refractivity contribution >= 4 is 23.7 Å². The van der Waals surface area contributed by atoms with Gasteiger partial charge in [0.15, 0.2) is 5.71 Å². The van der Waals surface area contributed by atoms with Crippen LogP contribution in [0.1, 0.15) is 19.5 Å². The Morgan fingerprint density at radius 1 is 1.43 bits per heavy atom. The third kappa shape index (κ3) is 5.31. The Hall–Kier alpha value is -3.09. The summed E-state index contributed by atoms with van der Waals surface area (Å²) in [6.07, 6.45) is 0.859. The van der Waals surface area contributed by atoms with E-state index in [0.717, 1.165) is 0 Å². The van der Waals surface area contributed by atoms with Gasteiger partial charge in [-0.3, -0.25) is 0 Å². The molecule has 3 amide bonds. The predicted molar refractivity (Wildman–Crippen MR) is 82.9 cm³/mol. The van der Waals surface area contributed by atoms with Gasteiger partial charge in [0.1, 0.15) is 24.2 Å². The molecule has 0 aliphatic heterocycles. The molecule has 0 aromatic carbocycles. The fourth-order valence-corrected chi connectivity index (χ4v) is 1.61. The van der Waals surface area contributed by atoms with Crippen LogP contribution >= 0.6 is 0 Å². The summed E-state index contributed by atoms with van der Waals surface area (Å²) in [5.41, 5.74) is 5.81. The van der Waals surface area contributed by atoms with Crippen LogP contribution in [0.25, 0.3) is 0 Å². The number of nitriles is 1. The lowest BCUT2D eigenvalue weighted by Crippen LogP contribution is -2.25. The van der Waals surface area contributed by atoms with Gasteiger partial charge in [-0.1, -0.05) is 0 Å². The highest BCUT2D eigenvalue weighted by atomic mass is 16.5. The maximum atomic E-state index is 11.4. The molecule has 4 N–H and O–H groups in total. The molecule has 0 aliphatic rings. The molecule has 1 rings (SSSR count). The topological polar surface area (TPSA) is 147 Å². The first-order valence-corrected chi connectivity index (χ1v) is 7.01. The molecule has 10 heteroatoms. The number of nitrogens with two attached hydrogens (primary N) is 1. The number of rotatable bonds is 6. The predicted octanol–water partition coefficient (Wildman–Crippen LogP) is 0.254. The number of aromatic nitrogens is 2. The molecule has 1 aromatic heterocycles. The van der Waals surface area contributed by atoms with Crippen molar-refractivity contribution in [2.45, 2.75) is 20.4 Å². The first-order valence-electron chi connectivity index (χ1n) is 7.01. The summed E-state index contributed by atoms with van der Waals surface area (Å²) in [7, 11) is 0. The molecule has 10 nitrogen and oxygen atoms in total. The van der Waals surface area contributed by atoms with Crippen LogP contribution in [0.15, 0.2) is 11.3 Å². The molecule has 0 atom stereocenters. The van der Waals surface area contributed by atoms with Crippen molar-refractivity contribution in [2.24, 2.45) is 4.99 Å².